The molecule has 20 heavy (non-hydrogen) atoms. The molecule has 0 spiro atoms. The SMILES string of the molecule is CNCc1ccc(S(=O)(=O)Nc2ncccc2Br)nc1. The number of aromatic nitrogens is 2. The van der Waals surface area contributed by atoms with Gasteiger partial charge < -0.3 is 5.32 Å². The third kappa shape index (κ3) is 3.53. The zero-order chi connectivity index (χ0) is 14.6. The first-order valence-electron chi connectivity index (χ1n) is 5.76. The Labute approximate surface area is 125 Å². The van der Waals surface area contributed by atoms with Gasteiger partial charge in [0.05, 0.1) is 4.47 Å². The molecule has 0 fully saturated rings. The van der Waals surface area contributed by atoms with Crippen molar-refractivity contribution in [3.63, 3.8) is 0 Å². The van der Waals surface area contributed by atoms with Crippen molar-refractivity contribution in [3.05, 3.63) is 46.7 Å². The van der Waals surface area contributed by atoms with Crippen molar-refractivity contribution in [1.29, 1.82) is 0 Å². The minimum atomic E-state index is -3.74. The third-order valence-electron chi connectivity index (χ3n) is 2.44. The van der Waals surface area contributed by atoms with Gasteiger partial charge in [-0.25, -0.2) is 9.97 Å². The Morgan fingerprint density at radius 3 is 2.65 bits per heavy atom. The zero-order valence-corrected chi connectivity index (χ0v) is 13.1. The lowest BCUT2D eigenvalue weighted by Crippen LogP contribution is -2.16. The molecule has 8 heteroatoms. The van der Waals surface area contributed by atoms with Crippen molar-refractivity contribution in [2.75, 3.05) is 11.8 Å². The van der Waals surface area contributed by atoms with E-state index in [1.807, 2.05) is 7.05 Å². The van der Waals surface area contributed by atoms with Crippen molar-refractivity contribution in [3.8, 4) is 0 Å². The standard InChI is InChI=1S/C12H13BrN4O2S/c1-14-7-9-4-5-11(16-8-9)20(18,19)17-12-10(13)3-2-6-15-12/h2-6,8,14H,7H2,1H3,(H,15,17). The average molecular weight is 357 g/mol. The fraction of sp³-hybridized carbons (Fsp3) is 0.167. The molecule has 0 saturated heterocycles. The molecule has 0 aliphatic rings. The van der Waals surface area contributed by atoms with Crippen molar-refractivity contribution < 1.29 is 8.42 Å². The second-order valence-corrected chi connectivity index (χ2v) is 6.46. The predicted molar refractivity (Wildman–Crippen MR) is 79.7 cm³/mol. The molecule has 0 saturated carbocycles. The van der Waals surface area contributed by atoms with E-state index in [1.165, 1.54) is 18.5 Å². The highest BCUT2D eigenvalue weighted by atomic mass is 79.9. The van der Waals surface area contributed by atoms with Gasteiger partial charge in [0.1, 0.15) is 0 Å². The Morgan fingerprint density at radius 1 is 1.25 bits per heavy atom. The Bertz CT molecular complexity index is 689. The molecule has 2 heterocycles. The van der Waals surface area contributed by atoms with Crippen LogP contribution in [0.5, 0.6) is 0 Å². The summed E-state index contributed by atoms with van der Waals surface area (Å²) in [5, 5.41) is 2.92. The van der Waals surface area contributed by atoms with Crippen LogP contribution in [-0.2, 0) is 16.6 Å². The molecule has 0 aliphatic heterocycles. The van der Waals surface area contributed by atoms with Gasteiger partial charge in [-0.15, -0.1) is 0 Å². The first-order valence-corrected chi connectivity index (χ1v) is 8.03. The monoisotopic (exact) mass is 356 g/mol. The summed E-state index contributed by atoms with van der Waals surface area (Å²) in [4.78, 5) is 7.92. The van der Waals surface area contributed by atoms with E-state index in [9.17, 15) is 8.42 Å². The maximum absolute atomic E-state index is 12.2. The van der Waals surface area contributed by atoms with Crippen molar-refractivity contribution in [2.45, 2.75) is 11.6 Å². The number of halogens is 1. The molecular formula is C12H13BrN4O2S. The van der Waals surface area contributed by atoms with Gasteiger partial charge >= 0.3 is 0 Å². The molecule has 6 nitrogen and oxygen atoms in total. The number of rotatable bonds is 5. The molecule has 0 atom stereocenters. The van der Waals surface area contributed by atoms with Gasteiger partial charge in [-0.05, 0) is 46.7 Å². The maximum atomic E-state index is 12.2. The first-order chi connectivity index (χ1) is 9.53. The molecule has 2 aromatic heterocycles. The minimum Gasteiger partial charge on any atom is -0.316 e. The lowest BCUT2D eigenvalue weighted by Gasteiger charge is -2.08. The van der Waals surface area contributed by atoms with Crippen LogP contribution in [0, 0.1) is 0 Å². The van der Waals surface area contributed by atoms with Crippen LogP contribution in [0.3, 0.4) is 0 Å². The van der Waals surface area contributed by atoms with Crippen LogP contribution in [0.1, 0.15) is 5.56 Å². The summed E-state index contributed by atoms with van der Waals surface area (Å²) < 4.78 is 27.3. The molecule has 0 radical (unpaired) electrons. The van der Waals surface area contributed by atoms with Gasteiger partial charge in [-0.1, -0.05) is 6.07 Å². The smallest absolute Gasteiger partial charge is 0.280 e. The summed E-state index contributed by atoms with van der Waals surface area (Å²) in [5.74, 6) is 0.230. The van der Waals surface area contributed by atoms with Crippen LogP contribution in [-0.4, -0.2) is 25.4 Å². The average Bonchev–Trinajstić information content (AvgIpc) is 2.42. The molecule has 0 aliphatic carbocycles. The van der Waals surface area contributed by atoms with Gasteiger partial charge in [-0.2, -0.15) is 8.42 Å². The van der Waals surface area contributed by atoms with Gasteiger partial charge in [0.2, 0.25) is 0 Å². The second-order valence-electron chi connectivity index (χ2n) is 3.97. The van der Waals surface area contributed by atoms with E-state index in [-0.39, 0.29) is 10.8 Å². The zero-order valence-electron chi connectivity index (χ0n) is 10.7. The van der Waals surface area contributed by atoms with Crippen LogP contribution < -0.4 is 10.0 Å². The quantitative estimate of drug-likeness (QED) is 0.852. The van der Waals surface area contributed by atoms with E-state index in [2.05, 4.69) is 35.9 Å². The van der Waals surface area contributed by atoms with E-state index in [4.69, 9.17) is 0 Å². The number of nitrogens with zero attached hydrogens (tertiary/aromatic N) is 2. The highest BCUT2D eigenvalue weighted by Gasteiger charge is 2.17. The van der Waals surface area contributed by atoms with Crippen LogP contribution in [0.2, 0.25) is 0 Å². The van der Waals surface area contributed by atoms with Gasteiger partial charge in [0, 0.05) is 18.9 Å². The minimum absolute atomic E-state index is 0.0464. The Hall–Kier alpha value is -1.51. The largest absolute Gasteiger partial charge is 0.316 e. The molecule has 2 rings (SSSR count). The van der Waals surface area contributed by atoms with E-state index >= 15 is 0 Å². The first kappa shape index (κ1) is 14.9. The van der Waals surface area contributed by atoms with Crippen LogP contribution in [0.15, 0.2) is 46.2 Å². The molecule has 0 bridgehead atoms. The van der Waals surface area contributed by atoms with E-state index in [0.717, 1.165) is 5.56 Å². The van der Waals surface area contributed by atoms with E-state index < -0.39 is 10.0 Å². The number of hydrogen-bond acceptors (Lipinski definition) is 5. The number of anilines is 1. The lowest BCUT2D eigenvalue weighted by molar-refractivity contribution is 0.597. The Kier molecular flexibility index (Phi) is 4.69. The van der Waals surface area contributed by atoms with E-state index in [0.29, 0.717) is 11.0 Å². The topological polar surface area (TPSA) is 84.0 Å². The molecule has 106 valence electrons. The lowest BCUT2D eigenvalue weighted by atomic mass is 10.3. The van der Waals surface area contributed by atoms with Gasteiger partial charge in [0.15, 0.2) is 10.8 Å². The molecule has 0 amide bonds. The van der Waals surface area contributed by atoms with Crippen LogP contribution in [0.4, 0.5) is 5.82 Å². The predicted octanol–water partition coefficient (Wildman–Crippen LogP) is 1.76. The summed E-state index contributed by atoms with van der Waals surface area (Å²) in [7, 11) is -1.93. The molecule has 0 aromatic carbocycles. The molecule has 0 unspecified atom stereocenters. The van der Waals surface area contributed by atoms with Gasteiger partial charge in [0.25, 0.3) is 10.0 Å². The summed E-state index contributed by atoms with van der Waals surface area (Å²) in [6, 6.07) is 6.58. The highest BCUT2D eigenvalue weighted by Crippen LogP contribution is 2.21. The summed E-state index contributed by atoms with van der Waals surface area (Å²) in [6.45, 7) is 0.631. The number of nitrogens with one attached hydrogen (secondary N) is 2. The highest BCUT2D eigenvalue weighted by molar-refractivity contribution is 9.10. The molecular weight excluding hydrogens is 344 g/mol. The fourth-order valence-electron chi connectivity index (χ4n) is 1.52. The number of pyridine rings is 2. The summed E-state index contributed by atoms with van der Waals surface area (Å²) in [6.07, 6.45) is 3.03. The van der Waals surface area contributed by atoms with E-state index in [1.54, 1.807) is 18.2 Å². The number of hydrogen-bond donors (Lipinski definition) is 2. The Balaban J connectivity index is 2.24. The van der Waals surface area contributed by atoms with Crippen molar-refractivity contribution >= 4 is 31.8 Å². The normalized spacial score (nSPS) is 11.3. The molecule has 2 aromatic rings. The third-order valence-corrected chi connectivity index (χ3v) is 4.34. The number of sulfonamides is 1. The fourth-order valence-corrected chi connectivity index (χ4v) is 2.96. The summed E-state index contributed by atoms with van der Waals surface area (Å²) in [5.41, 5.74) is 0.908. The van der Waals surface area contributed by atoms with Gasteiger partial charge in [-0.3, -0.25) is 4.72 Å². The van der Waals surface area contributed by atoms with Crippen LogP contribution in [0.25, 0.3) is 0 Å². The summed E-state index contributed by atoms with van der Waals surface area (Å²) >= 11 is 3.24. The second kappa shape index (κ2) is 6.29. The Morgan fingerprint density at radius 2 is 2.05 bits per heavy atom. The molecule has 2 N–H and O–H groups in total. The van der Waals surface area contributed by atoms with Crippen molar-refractivity contribution in [1.82, 2.24) is 15.3 Å². The van der Waals surface area contributed by atoms with Crippen LogP contribution >= 0.6 is 15.9 Å². The van der Waals surface area contributed by atoms with Crippen molar-refractivity contribution in [2.24, 2.45) is 0 Å². The maximum Gasteiger partial charge on any atom is 0.280 e.